The van der Waals surface area contributed by atoms with Gasteiger partial charge in [-0.25, -0.2) is 8.42 Å². The minimum absolute atomic E-state index is 0.0875. The molecule has 10 nitrogen and oxygen atoms in total. The zero-order chi connectivity index (χ0) is 34.5. The van der Waals surface area contributed by atoms with Crippen LogP contribution >= 0.6 is 0 Å². The van der Waals surface area contributed by atoms with Gasteiger partial charge in [-0.3, -0.25) is 13.9 Å². The number of hydrogen-bond acceptors (Lipinski definition) is 7. The fourth-order valence-electron chi connectivity index (χ4n) is 5.21. The fourth-order valence-corrected chi connectivity index (χ4v) is 6.64. The van der Waals surface area contributed by atoms with Gasteiger partial charge in [0.05, 0.1) is 31.4 Å². The van der Waals surface area contributed by atoms with Crippen molar-refractivity contribution < 1.29 is 32.2 Å². The van der Waals surface area contributed by atoms with Crippen LogP contribution in [0.25, 0.3) is 0 Å². The molecule has 1 atom stereocenters. The number of benzene rings is 4. The van der Waals surface area contributed by atoms with Gasteiger partial charge in [0, 0.05) is 25.6 Å². The number of hydrogen-bond donors (Lipinski definition) is 1. The van der Waals surface area contributed by atoms with E-state index in [4.69, 9.17) is 14.2 Å². The van der Waals surface area contributed by atoms with Gasteiger partial charge in [-0.1, -0.05) is 67.6 Å². The number of carbonyl (C=O) groups is 2. The third kappa shape index (κ3) is 9.07. The number of rotatable bonds is 17. The van der Waals surface area contributed by atoms with Crippen LogP contribution in [0.1, 0.15) is 31.4 Å². The molecule has 0 bridgehead atoms. The molecule has 4 aromatic carbocycles. The molecule has 0 aliphatic heterocycles. The number of nitrogens with one attached hydrogen (secondary N) is 1. The van der Waals surface area contributed by atoms with Gasteiger partial charge in [-0.2, -0.15) is 0 Å². The molecule has 0 heterocycles. The van der Waals surface area contributed by atoms with Crippen LogP contribution in [0, 0.1) is 0 Å². The Morgan fingerprint density at radius 1 is 0.792 bits per heavy atom. The van der Waals surface area contributed by atoms with E-state index in [1.807, 2.05) is 74.5 Å². The maximum atomic E-state index is 14.6. The van der Waals surface area contributed by atoms with Gasteiger partial charge in [-0.15, -0.1) is 0 Å². The Balaban J connectivity index is 1.81. The van der Waals surface area contributed by atoms with Gasteiger partial charge in [0.1, 0.15) is 18.3 Å². The molecule has 2 amide bonds. The molecule has 1 N–H and O–H groups in total. The van der Waals surface area contributed by atoms with E-state index in [1.165, 1.54) is 37.3 Å². The highest BCUT2D eigenvalue weighted by Gasteiger charge is 2.35. The summed E-state index contributed by atoms with van der Waals surface area (Å²) in [5.74, 6) is 0.260. The first-order valence-electron chi connectivity index (χ1n) is 15.8. The smallest absolute Gasteiger partial charge is 0.264 e. The summed E-state index contributed by atoms with van der Waals surface area (Å²) in [4.78, 5) is 29.7. The zero-order valence-corrected chi connectivity index (χ0v) is 28.6. The number of amides is 2. The number of carbonyl (C=O) groups excluding carboxylic acids is 2. The van der Waals surface area contributed by atoms with E-state index in [1.54, 1.807) is 24.3 Å². The summed E-state index contributed by atoms with van der Waals surface area (Å²) in [7, 11) is -1.47. The third-order valence-electron chi connectivity index (χ3n) is 7.67. The van der Waals surface area contributed by atoms with Crippen LogP contribution in [-0.2, 0) is 32.6 Å². The number of anilines is 1. The summed E-state index contributed by atoms with van der Waals surface area (Å²) in [5.41, 5.74) is 1.90. The maximum Gasteiger partial charge on any atom is 0.264 e. The molecule has 4 rings (SSSR count). The van der Waals surface area contributed by atoms with Crippen LogP contribution in [0.2, 0.25) is 0 Å². The molecular weight excluding hydrogens is 630 g/mol. The van der Waals surface area contributed by atoms with Gasteiger partial charge in [-0.05, 0) is 60.9 Å². The van der Waals surface area contributed by atoms with Gasteiger partial charge in [0.15, 0.2) is 11.5 Å². The Labute approximate surface area is 283 Å². The monoisotopic (exact) mass is 673 g/mol. The zero-order valence-electron chi connectivity index (χ0n) is 27.8. The molecule has 0 aromatic heterocycles. The van der Waals surface area contributed by atoms with E-state index < -0.39 is 28.5 Å². The second-order valence-corrected chi connectivity index (χ2v) is 12.8. The first-order valence-corrected chi connectivity index (χ1v) is 17.3. The highest BCUT2D eigenvalue weighted by Crippen LogP contribution is 2.33. The Kier molecular flexibility index (Phi) is 12.8. The van der Waals surface area contributed by atoms with Crippen molar-refractivity contribution in [3.8, 4) is 17.2 Å². The second-order valence-electron chi connectivity index (χ2n) is 11.0. The molecular formula is C37H43N3O7S. The number of sulfonamides is 1. The molecule has 4 aromatic rings. The van der Waals surface area contributed by atoms with Crippen molar-refractivity contribution in [2.24, 2.45) is 0 Å². The molecule has 0 radical (unpaired) electrons. The largest absolute Gasteiger partial charge is 0.494 e. The quantitative estimate of drug-likeness (QED) is 0.158. The highest BCUT2D eigenvalue weighted by atomic mass is 32.2. The van der Waals surface area contributed by atoms with Crippen LogP contribution in [0.5, 0.6) is 17.2 Å². The number of nitrogens with zero attached hydrogens (tertiary/aromatic N) is 2. The summed E-state index contributed by atoms with van der Waals surface area (Å²) in [6, 6.07) is 28.6. The van der Waals surface area contributed by atoms with Crippen LogP contribution < -0.4 is 23.8 Å². The lowest BCUT2D eigenvalue weighted by molar-refractivity contribution is -0.140. The van der Waals surface area contributed by atoms with E-state index in [0.29, 0.717) is 31.1 Å². The highest BCUT2D eigenvalue weighted by molar-refractivity contribution is 7.92. The van der Waals surface area contributed by atoms with E-state index in [9.17, 15) is 18.0 Å². The van der Waals surface area contributed by atoms with Crippen LogP contribution in [0.15, 0.2) is 108 Å². The predicted molar refractivity (Wildman–Crippen MR) is 186 cm³/mol. The Morgan fingerprint density at radius 3 is 2.00 bits per heavy atom. The standard InChI is InChI=1S/C37H43N3O7S/c1-5-23-38-37(42)33(24-28-13-9-7-10-14-28)39(26-29-15-11-8-12-16-29)36(41)27-40(30-17-19-31(20-18-30)47-6-2)48(43,44)32-21-22-34(45-3)35(25-32)46-4/h7-22,25,33H,5-6,23-24,26-27H2,1-4H3,(H,38,42)/t33-/m0/s1. The minimum atomic E-state index is -4.35. The van der Waals surface area contributed by atoms with Crippen molar-refractivity contribution >= 4 is 27.5 Å². The summed E-state index contributed by atoms with van der Waals surface area (Å²) >= 11 is 0. The van der Waals surface area contributed by atoms with Crippen molar-refractivity contribution in [2.75, 3.05) is 38.2 Å². The molecule has 0 saturated heterocycles. The molecule has 0 fully saturated rings. The fraction of sp³-hybridized carbons (Fsp3) is 0.297. The predicted octanol–water partition coefficient (Wildman–Crippen LogP) is 5.46. The summed E-state index contributed by atoms with van der Waals surface area (Å²) in [6.07, 6.45) is 0.950. The molecule has 0 aliphatic carbocycles. The first kappa shape index (κ1) is 35.8. The third-order valence-corrected chi connectivity index (χ3v) is 9.44. The molecule has 0 unspecified atom stereocenters. The van der Waals surface area contributed by atoms with E-state index in [0.717, 1.165) is 15.4 Å². The number of ether oxygens (including phenoxy) is 3. The maximum absolute atomic E-state index is 14.6. The van der Waals surface area contributed by atoms with Gasteiger partial charge in [0.25, 0.3) is 10.0 Å². The topological polar surface area (TPSA) is 114 Å². The van der Waals surface area contributed by atoms with E-state index >= 15 is 0 Å². The van der Waals surface area contributed by atoms with Gasteiger partial charge >= 0.3 is 0 Å². The van der Waals surface area contributed by atoms with Crippen molar-refractivity contribution in [3.05, 3.63) is 114 Å². The lowest BCUT2D eigenvalue weighted by Gasteiger charge is -2.34. The van der Waals surface area contributed by atoms with Crippen LogP contribution in [0.3, 0.4) is 0 Å². The molecule has 48 heavy (non-hydrogen) atoms. The normalized spacial score (nSPS) is 11.7. The number of methoxy groups -OCH3 is 2. The van der Waals surface area contributed by atoms with Gasteiger partial charge < -0.3 is 24.4 Å². The Hall–Kier alpha value is -5.03. The average molecular weight is 674 g/mol. The summed E-state index contributed by atoms with van der Waals surface area (Å²) < 4.78 is 46.2. The van der Waals surface area contributed by atoms with E-state index in [2.05, 4.69) is 5.32 Å². The molecule has 11 heteroatoms. The summed E-state index contributed by atoms with van der Waals surface area (Å²) in [5, 5.41) is 2.95. The first-order chi connectivity index (χ1) is 23.2. The average Bonchev–Trinajstić information content (AvgIpc) is 3.11. The van der Waals surface area contributed by atoms with Crippen molar-refractivity contribution in [1.82, 2.24) is 10.2 Å². The second kappa shape index (κ2) is 17.2. The van der Waals surface area contributed by atoms with Crippen molar-refractivity contribution in [3.63, 3.8) is 0 Å². The molecule has 0 spiro atoms. The lowest BCUT2D eigenvalue weighted by atomic mass is 10.0. The summed E-state index contributed by atoms with van der Waals surface area (Å²) in [6.45, 7) is 4.18. The van der Waals surface area contributed by atoms with Gasteiger partial charge in [0.2, 0.25) is 11.8 Å². The molecule has 0 aliphatic rings. The lowest BCUT2D eigenvalue weighted by Crippen LogP contribution is -2.53. The SMILES string of the molecule is CCCNC(=O)[C@H](Cc1ccccc1)N(Cc1ccccc1)C(=O)CN(c1ccc(OCC)cc1)S(=O)(=O)c1ccc(OC)c(OC)c1. The Bertz CT molecular complexity index is 1730. The van der Waals surface area contributed by atoms with Crippen LogP contribution in [0.4, 0.5) is 5.69 Å². The minimum Gasteiger partial charge on any atom is -0.494 e. The van der Waals surface area contributed by atoms with Crippen molar-refractivity contribution in [2.45, 2.75) is 44.2 Å². The van der Waals surface area contributed by atoms with Crippen molar-refractivity contribution in [1.29, 1.82) is 0 Å². The molecule has 254 valence electrons. The molecule has 0 saturated carbocycles. The Morgan fingerprint density at radius 2 is 1.42 bits per heavy atom. The van der Waals surface area contributed by atoms with Crippen LogP contribution in [-0.4, -0.2) is 65.1 Å². The van der Waals surface area contributed by atoms with E-state index in [-0.39, 0.29) is 35.2 Å².